The van der Waals surface area contributed by atoms with Gasteiger partial charge in [0.25, 0.3) is 0 Å². The molecule has 1 aliphatic rings. The second-order valence-corrected chi connectivity index (χ2v) is 8.21. The first-order valence-corrected chi connectivity index (χ1v) is 10.8. The Kier molecular flexibility index (Phi) is 5.38. The first-order chi connectivity index (χ1) is 16.0. The molecule has 2 aromatic heterocycles. The summed E-state index contributed by atoms with van der Waals surface area (Å²) in [5, 5.41) is 3.50. The largest absolute Gasteiger partial charge is 0.421 e. The third-order valence-corrected chi connectivity index (χ3v) is 5.90. The highest BCUT2D eigenvalue weighted by atomic mass is 19.1. The average Bonchev–Trinajstić information content (AvgIpc) is 3.21. The SMILES string of the molecule is Cc1cccc(F)c1Oc1nc(N[C@H]2CCc3ccccc32)cc(-c2ccc(=O)n(C)c2)n1. The number of halogens is 1. The second-order valence-electron chi connectivity index (χ2n) is 8.21. The number of nitrogens with one attached hydrogen (secondary N) is 1. The van der Waals surface area contributed by atoms with Crippen LogP contribution in [0.1, 0.15) is 29.2 Å². The number of benzene rings is 2. The summed E-state index contributed by atoms with van der Waals surface area (Å²) < 4.78 is 21.7. The molecule has 0 amide bonds. The lowest BCUT2D eigenvalue weighted by atomic mass is 10.1. The van der Waals surface area contributed by atoms with Gasteiger partial charge < -0.3 is 14.6 Å². The molecule has 1 atom stereocenters. The number of hydrogen-bond acceptors (Lipinski definition) is 5. The van der Waals surface area contributed by atoms with Crippen molar-refractivity contribution in [1.29, 1.82) is 0 Å². The Hall–Kier alpha value is -4.00. The number of fused-ring (bicyclic) bond motifs is 1. The molecule has 2 heterocycles. The number of anilines is 1. The summed E-state index contributed by atoms with van der Waals surface area (Å²) in [5.41, 5.74) is 4.38. The van der Waals surface area contributed by atoms with E-state index in [0.29, 0.717) is 17.1 Å². The zero-order valence-electron chi connectivity index (χ0n) is 18.4. The van der Waals surface area contributed by atoms with E-state index in [0.717, 1.165) is 18.4 Å². The quantitative estimate of drug-likeness (QED) is 0.461. The number of hydrogen-bond donors (Lipinski definition) is 1. The summed E-state index contributed by atoms with van der Waals surface area (Å²) in [6, 6.07) is 18.2. The van der Waals surface area contributed by atoms with Crippen molar-refractivity contribution in [2.45, 2.75) is 25.8 Å². The fraction of sp³-hybridized carbons (Fsp3) is 0.192. The molecule has 6 nitrogen and oxygen atoms in total. The van der Waals surface area contributed by atoms with Gasteiger partial charge in [0, 0.05) is 30.9 Å². The van der Waals surface area contributed by atoms with Gasteiger partial charge in [-0.2, -0.15) is 9.97 Å². The number of nitrogens with zero attached hydrogens (tertiary/aromatic N) is 3. The van der Waals surface area contributed by atoms with Crippen LogP contribution in [-0.2, 0) is 13.5 Å². The lowest BCUT2D eigenvalue weighted by Crippen LogP contribution is -2.14. The van der Waals surface area contributed by atoms with Crippen LogP contribution in [0.25, 0.3) is 11.3 Å². The van der Waals surface area contributed by atoms with Crippen LogP contribution in [0.3, 0.4) is 0 Å². The van der Waals surface area contributed by atoms with Gasteiger partial charge in [0.15, 0.2) is 11.6 Å². The molecule has 33 heavy (non-hydrogen) atoms. The highest BCUT2D eigenvalue weighted by Crippen LogP contribution is 2.35. The van der Waals surface area contributed by atoms with E-state index in [9.17, 15) is 9.18 Å². The monoisotopic (exact) mass is 442 g/mol. The minimum atomic E-state index is -0.481. The molecule has 0 radical (unpaired) electrons. The molecule has 0 saturated carbocycles. The first-order valence-electron chi connectivity index (χ1n) is 10.8. The number of ether oxygens (including phenoxy) is 1. The Bertz CT molecular complexity index is 1380. The zero-order chi connectivity index (χ0) is 22.9. The van der Waals surface area contributed by atoms with Crippen LogP contribution in [0.2, 0.25) is 0 Å². The van der Waals surface area contributed by atoms with Crippen LogP contribution < -0.4 is 15.6 Å². The molecule has 0 fully saturated rings. The Morgan fingerprint density at radius 2 is 1.94 bits per heavy atom. The Morgan fingerprint density at radius 3 is 2.76 bits per heavy atom. The van der Waals surface area contributed by atoms with Gasteiger partial charge in [0.2, 0.25) is 5.56 Å². The van der Waals surface area contributed by atoms with E-state index in [4.69, 9.17) is 4.74 Å². The summed E-state index contributed by atoms with van der Waals surface area (Å²) >= 11 is 0. The van der Waals surface area contributed by atoms with E-state index in [1.807, 2.05) is 18.2 Å². The molecule has 1 N–H and O–H groups in total. The topological polar surface area (TPSA) is 69.0 Å². The van der Waals surface area contributed by atoms with Gasteiger partial charge >= 0.3 is 6.01 Å². The van der Waals surface area contributed by atoms with E-state index in [1.165, 1.54) is 27.8 Å². The first kappa shape index (κ1) is 20.9. The van der Waals surface area contributed by atoms with Crippen molar-refractivity contribution in [3.8, 4) is 23.0 Å². The van der Waals surface area contributed by atoms with Crippen molar-refractivity contribution in [1.82, 2.24) is 14.5 Å². The van der Waals surface area contributed by atoms with Crippen molar-refractivity contribution < 1.29 is 9.13 Å². The molecular formula is C26H23FN4O2. The van der Waals surface area contributed by atoms with Gasteiger partial charge in [-0.05, 0) is 48.6 Å². The number of rotatable bonds is 5. The lowest BCUT2D eigenvalue weighted by molar-refractivity contribution is 0.409. The van der Waals surface area contributed by atoms with Crippen molar-refractivity contribution in [3.05, 3.63) is 99.7 Å². The van der Waals surface area contributed by atoms with E-state index < -0.39 is 5.82 Å². The Labute approximate surface area is 190 Å². The maximum atomic E-state index is 14.4. The molecule has 0 unspecified atom stereocenters. The maximum absolute atomic E-state index is 14.4. The zero-order valence-corrected chi connectivity index (χ0v) is 18.4. The number of para-hydroxylation sites is 1. The highest BCUT2D eigenvalue weighted by molar-refractivity contribution is 5.62. The molecule has 166 valence electrons. The van der Waals surface area contributed by atoms with Crippen molar-refractivity contribution in [2.24, 2.45) is 7.05 Å². The van der Waals surface area contributed by atoms with Crippen molar-refractivity contribution in [2.75, 3.05) is 5.32 Å². The second kappa shape index (κ2) is 8.50. The summed E-state index contributed by atoms with van der Waals surface area (Å²) in [4.78, 5) is 20.9. The van der Waals surface area contributed by atoms with Gasteiger partial charge in [-0.1, -0.05) is 36.4 Å². The van der Waals surface area contributed by atoms with Crippen LogP contribution in [0.5, 0.6) is 11.8 Å². The Balaban J connectivity index is 1.55. The van der Waals surface area contributed by atoms with Crippen LogP contribution in [0.15, 0.2) is 71.7 Å². The summed E-state index contributed by atoms with van der Waals surface area (Å²) in [7, 11) is 1.68. The molecule has 1 aliphatic carbocycles. The maximum Gasteiger partial charge on any atom is 0.324 e. The van der Waals surface area contributed by atoms with Crippen molar-refractivity contribution >= 4 is 5.82 Å². The van der Waals surface area contributed by atoms with Crippen LogP contribution in [0.4, 0.5) is 10.2 Å². The van der Waals surface area contributed by atoms with E-state index >= 15 is 0 Å². The predicted octanol–water partition coefficient (Wildman–Crippen LogP) is 5.18. The van der Waals surface area contributed by atoms with Gasteiger partial charge in [0.1, 0.15) is 5.82 Å². The number of pyridine rings is 1. The molecular weight excluding hydrogens is 419 g/mol. The molecule has 7 heteroatoms. The number of aromatic nitrogens is 3. The Morgan fingerprint density at radius 1 is 1.09 bits per heavy atom. The van der Waals surface area contributed by atoms with E-state index in [1.54, 1.807) is 38.4 Å². The molecule has 0 saturated heterocycles. The predicted molar refractivity (Wildman–Crippen MR) is 125 cm³/mol. The van der Waals surface area contributed by atoms with Crippen LogP contribution in [-0.4, -0.2) is 14.5 Å². The summed E-state index contributed by atoms with van der Waals surface area (Å²) in [6.07, 6.45) is 3.64. The summed E-state index contributed by atoms with van der Waals surface area (Å²) in [5.74, 6) is 0.178. The van der Waals surface area contributed by atoms with Gasteiger partial charge in [0.05, 0.1) is 11.7 Å². The van der Waals surface area contributed by atoms with Gasteiger partial charge in [-0.25, -0.2) is 4.39 Å². The molecule has 2 aromatic carbocycles. The third kappa shape index (κ3) is 4.22. The molecule has 0 bridgehead atoms. The highest BCUT2D eigenvalue weighted by Gasteiger charge is 2.23. The standard InChI is InChI=1S/C26H23FN4O2/c1-16-6-5-9-20(27)25(16)33-26-29-22(18-11-13-24(32)31(2)15-18)14-23(30-26)28-21-12-10-17-7-3-4-8-19(17)21/h3-9,11,13-15,21H,10,12H2,1-2H3,(H,28,29,30)/t21-/m0/s1. The van der Waals surface area contributed by atoms with E-state index in [-0.39, 0.29) is 23.4 Å². The minimum Gasteiger partial charge on any atom is -0.421 e. The fourth-order valence-electron chi connectivity index (χ4n) is 4.16. The van der Waals surface area contributed by atoms with Gasteiger partial charge in [-0.3, -0.25) is 4.79 Å². The van der Waals surface area contributed by atoms with Gasteiger partial charge in [-0.15, -0.1) is 0 Å². The number of aryl methyl sites for hydroxylation is 3. The van der Waals surface area contributed by atoms with Crippen LogP contribution >= 0.6 is 0 Å². The third-order valence-electron chi connectivity index (χ3n) is 5.90. The molecule has 5 rings (SSSR count). The van der Waals surface area contributed by atoms with E-state index in [2.05, 4.69) is 27.4 Å². The summed E-state index contributed by atoms with van der Waals surface area (Å²) in [6.45, 7) is 1.77. The molecule has 0 aliphatic heterocycles. The minimum absolute atomic E-state index is 0.0309. The molecule has 4 aromatic rings. The fourth-order valence-corrected chi connectivity index (χ4v) is 4.16. The average molecular weight is 442 g/mol. The lowest BCUT2D eigenvalue weighted by Gasteiger charge is -2.17. The van der Waals surface area contributed by atoms with Crippen LogP contribution in [0, 0.1) is 12.7 Å². The van der Waals surface area contributed by atoms with Crippen molar-refractivity contribution in [3.63, 3.8) is 0 Å². The smallest absolute Gasteiger partial charge is 0.324 e. The normalized spacial score (nSPS) is 14.7. The molecule has 0 spiro atoms.